The lowest BCUT2D eigenvalue weighted by Crippen LogP contribution is -2.22. The highest BCUT2D eigenvalue weighted by Crippen LogP contribution is 2.40. The summed E-state index contributed by atoms with van der Waals surface area (Å²) in [5, 5.41) is 3.47. The van der Waals surface area contributed by atoms with Crippen molar-refractivity contribution in [2.24, 2.45) is 5.92 Å². The monoisotopic (exact) mass is 415 g/mol. The van der Waals surface area contributed by atoms with Gasteiger partial charge in [-0.1, -0.05) is 13.0 Å². The van der Waals surface area contributed by atoms with Gasteiger partial charge in [-0.2, -0.15) is 0 Å². The second kappa shape index (κ2) is 8.99. The summed E-state index contributed by atoms with van der Waals surface area (Å²) in [5.41, 5.74) is 4.80. The zero-order valence-electron chi connectivity index (χ0n) is 17.8. The van der Waals surface area contributed by atoms with Crippen molar-refractivity contribution in [2.45, 2.75) is 53.9 Å². The molecule has 1 amide bonds. The number of esters is 1. The lowest BCUT2D eigenvalue weighted by atomic mass is 9.88. The number of carbonyl (C=O) groups excluding carboxylic acids is 2. The molecule has 1 unspecified atom stereocenters. The number of nitrogens with one attached hydrogen (secondary N) is 1. The van der Waals surface area contributed by atoms with Crippen molar-refractivity contribution in [2.75, 3.05) is 18.5 Å². The Hall–Kier alpha value is -2.34. The molecule has 1 N–H and O–H groups in total. The molecule has 1 atom stereocenters. The molecule has 0 saturated carbocycles. The van der Waals surface area contributed by atoms with E-state index in [4.69, 9.17) is 9.47 Å². The van der Waals surface area contributed by atoms with Crippen LogP contribution in [-0.4, -0.2) is 25.1 Å². The summed E-state index contributed by atoms with van der Waals surface area (Å²) in [6.07, 6.45) is 2.81. The number of hydrogen-bond donors (Lipinski definition) is 1. The molecule has 0 bridgehead atoms. The largest absolute Gasteiger partial charge is 0.483 e. The summed E-state index contributed by atoms with van der Waals surface area (Å²) in [7, 11) is 0. The lowest BCUT2D eigenvalue weighted by molar-refractivity contribution is -0.118. The van der Waals surface area contributed by atoms with Crippen LogP contribution in [0, 0.1) is 26.7 Å². The van der Waals surface area contributed by atoms with Gasteiger partial charge in [-0.05, 0) is 81.2 Å². The summed E-state index contributed by atoms with van der Waals surface area (Å²) in [6.45, 7) is 10.2. The number of thiophene rings is 1. The average Bonchev–Trinajstić information content (AvgIpc) is 3.00. The van der Waals surface area contributed by atoms with Crippen molar-refractivity contribution in [3.05, 3.63) is 44.8 Å². The molecule has 5 nitrogen and oxygen atoms in total. The molecule has 1 aromatic carbocycles. The van der Waals surface area contributed by atoms with Crippen molar-refractivity contribution in [3.8, 4) is 5.75 Å². The smallest absolute Gasteiger partial charge is 0.341 e. The number of rotatable bonds is 6. The number of benzene rings is 1. The van der Waals surface area contributed by atoms with Crippen LogP contribution in [0.5, 0.6) is 5.75 Å². The Morgan fingerprint density at radius 1 is 1.24 bits per heavy atom. The third-order valence-corrected chi connectivity index (χ3v) is 6.54. The lowest BCUT2D eigenvalue weighted by Gasteiger charge is -2.18. The minimum atomic E-state index is -0.360. The zero-order chi connectivity index (χ0) is 21.1. The molecule has 1 aliphatic rings. The SMILES string of the molecule is CCOC(=O)c1c(NC(=O)COc2cc(C)cc(C)c2C)sc2c1CCC(C)C2. The van der Waals surface area contributed by atoms with Crippen molar-refractivity contribution in [1.29, 1.82) is 0 Å². The predicted molar refractivity (Wildman–Crippen MR) is 116 cm³/mol. The van der Waals surface area contributed by atoms with Crippen molar-refractivity contribution in [1.82, 2.24) is 0 Å². The molecule has 1 heterocycles. The fourth-order valence-corrected chi connectivity index (χ4v) is 5.13. The molecule has 156 valence electrons. The highest BCUT2D eigenvalue weighted by atomic mass is 32.1. The Labute approximate surface area is 176 Å². The number of carbonyl (C=O) groups is 2. The van der Waals surface area contributed by atoms with Crippen LogP contribution in [0.4, 0.5) is 5.00 Å². The van der Waals surface area contributed by atoms with E-state index in [9.17, 15) is 9.59 Å². The van der Waals surface area contributed by atoms with E-state index in [2.05, 4.69) is 18.3 Å². The van der Waals surface area contributed by atoms with Crippen LogP contribution in [0.2, 0.25) is 0 Å². The Balaban J connectivity index is 1.77. The maximum Gasteiger partial charge on any atom is 0.341 e. The summed E-state index contributed by atoms with van der Waals surface area (Å²) in [5.74, 6) is 0.653. The fraction of sp³-hybridized carbons (Fsp3) is 0.478. The second-order valence-electron chi connectivity index (χ2n) is 7.82. The molecule has 29 heavy (non-hydrogen) atoms. The van der Waals surface area contributed by atoms with Crippen LogP contribution in [0.25, 0.3) is 0 Å². The summed E-state index contributed by atoms with van der Waals surface area (Å²) < 4.78 is 11.0. The first-order valence-electron chi connectivity index (χ1n) is 10.1. The maximum absolute atomic E-state index is 12.6. The van der Waals surface area contributed by atoms with Crippen LogP contribution in [0.3, 0.4) is 0 Å². The predicted octanol–water partition coefficient (Wildman–Crippen LogP) is 4.99. The van der Waals surface area contributed by atoms with E-state index in [1.807, 2.05) is 26.8 Å². The molecule has 0 radical (unpaired) electrons. The number of amides is 1. The molecular weight excluding hydrogens is 386 g/mol. The van der Waals surface area contributed by atoms with Gasteiger partial charge >= 0.3 is 5.97 Å². The minimum absolute atomic E-state index is 0.106. The normalized spacial score (nSPS) is 15.6. The first-order chi connectivity index (χ1) is 13.8. The first-order valence-corrected chi connectivity index (χ1v) is 10.9. The first kappa shape index (κ1) is 21.4. The van der Waals surface area contributed by atoms with Gasteiger partial charge in [-0.3, -0.25) is 4.79 Å². The van der Waals surface area contributed by atoms with Crippen molar-refractivity contribution in [3.63, 3.8) is 0 Å². The molecule has 0 saturated heterocycles. The second-order valence-corrected chi connectivity index (χ2v) is 8.92. The van der Waals surface area contributed by atoms with Crippen LogP contribution in [-0.2, 0) is 22.4 Å². The van der Waals surface area contributed by atoms with Gasteiger partial charge in [-0.15, -0.1) is 11.3 Å². The summed E-state index contributed by atoms with van der Waals surface area (Å²) in [4.78, 5) is 26.3. The molecule has 0 fully saturated rings. The van der Waals surface area contributed by atoms with E-state index in [1.165, 1.54) is 16.2 Å². The van der Waals surface area contributed by atoms with Gasteiger partial charge in [0.2, 0.25) is 0 Å². The van der Waals surface area contributed by atoms with Gasteiger partial charge in [0.15, 0.2) is 6.61 Å². The fourth-order valence-electron chi connectivity index (χ4n) is 3.71. The average molecular weight is 416 g/mol. The van der Waals surface area contributed by atoms with E-state index in [-0.39, 0.29) is 18.5 Å². The summed E-state index contributed by atoms with van der Waals surface area (Å²) in [6, 6.07) is 4.02. The molecule has 0 spiro atoms. The minimum Gasteiger partial charge on any atom is -0.483 e. The Bertz CT molecular complexity index is 931. The van der Waals surface area contributed by atoms with Gasteiger partial charge in [-0.25, -0.2) is 4.79 Å². The zero-order valence-corrected chi connectivity index (χ0v) is 18.6. The molecule has 1 aromatic heterocycles. The van der Waals surface area contributed by atoms with Crippen LogP contribution in [0.1, 0.15) is 57.8 Å². The quantitative estimate of drug-likeness (QED) is 0.675. The van der Waals surface area contributed by atoms with Gasteiger partial charge in [0.05, 0.1) is 12.2 Å². The van der Waals surface area contributed by atoms with E-state index in [0.717, 1.165) is 41.5 Å². The summed E-state index contributed by atoms with van der Waals surface area (Å²) >= 11 is 1.49. The molecule has 1 aliphatic carbocycles. The van der Waals surface area contributed by atoms with Gasteiger partial charge in [0.1, 0.15) is 10.8 Å². The van der Waals surface area contributed by atoms with Crippen LogP contribution in [0.15, 0.2) is 12.1 Å². The number of fused-ring (bicyclic) bond motifs is 1. The van der Waals surface area contributed by atoms with E-state index in [0.29, 0.717) is 28.8 Å². The van der Waals surface area contributed by atoms with Crippen molar-refractivity contribution >= 4 is 28.2 Å². The van der Waals surface area contributed by atoms with Crippen LogP contribution >= 0.6 is 11.3 Å². The topological polar surface area (TPSA) is 64.6 Å². The van der Waals surface area contributed by atoms with Gasteiger partial charge in [0.25, 0.3) is 5.91 Å². The standard InChI is InChI=1S/C23H29NO4S/c1-6-27-23(26)21-17-8-7-13(2)11-19(17)29-22(21)24-20(25)12-28-18-10-14(3)9-15(4)16(18)5/h9-10,13H,6-8,11-12H2,1-5H3,(H,24,25). The Morgan fingerprint density at radius 3 is 2.72 bits per heavy atom. The highest BCUT2D eigenvalue weighted by molar-refractivity contribution is 7.17. The van der Waals surface area contributed by atoms with E-state index >= 15 is 0 Å². The maximum atomic E-state index is 12.6. The molecule has 0 aliphatic heterocycles. The third-order valence-electron chi connectivity index (χ3n) is 5.37. The number of anilines is 1. The highest BCUT2D eigenvalue weighted by Gasteiger charge is 2.29. The van der Waals surface area contributed by atoms with E-state index < -0.39 is 0 Å². The molecular formula is C23H29NO4S. The van der Waals surface area contributed by atoms with Gasteiger partial charge in [0, 0.05) is 4.88 Å². The number of ether oxygens (including phenoxy) is 2. The number of hydrogen-bond acceptors (Lipinski definition) is 5. The number of aryl methyl sites for hydroxylation is 2. The van der Waals surface area contributed by atoms with Gasteiger partial charge < -0.3 is 14.8 Å². The molecule has 6 heteroatoms. The molecule has 3 rings (SSSR count). The molecule has 2 aromatic rings. The third kappa shape index (κ3) is 4.81. The Morgan fingerprint density at radius 2 is 2.00 bits per heavy atom. The Kier molecular flexibility index (Phi) is 6.63. The van der Waals surface area contributed by atoms with Crippen LogP contribution < -0.4 is 10.1 Å². The van der Waals surface area contributed by atoms with E-state index in [1.54, 1.807) is 6.92 Å². The van der Waals surface area contributed by atoms with Crippen molar-refractivity contribution < 1.29 is 19.1 Å².